The third-order valence-electron chi connectivity index (χ3n) is 4.93. The standard InChI is InChI=1S/C21H20N2O4S/c24-19-18(28-21(26)22-19)13-14-5-7-16(8-6-14)27-12-11-23-10-9-15-3-1-2-4-17(15)20(23)25/h1-8,18H,9-13H2,(H,22,24,26). The first kappa shape index (κ1) is 18.6. The molecule has 1 atom stereocenters. The van der Waals surface area contributed by atoms with E-state index in [2.05, 4.69) is 5.32 Å². The molecule has 4 rings (SSSR count). The van der Waals surface area contributed by atoms with Gasteiger partial charge in [-0.2, -0.15) is 0 Å². The third kappa shape index (κ3) is 4.04. The Morgan fingerprint density at radius 2 is 1.86 bits per heavy atom. The Hall–Kier alpha value is -2.80. The van der Waals surface area contributed by atoms with Crippen molar-refractivity contribution in [3.05, 3.63) is 65.2 Å². The highest BCUT2D eigenvalue weighted by molar-refractivity contribution is 8.15. The number of hydrogen-bond donors (Lipinski definition) is 1. The number of rotatable bonds is 6. The predicted molar refractivity (Wildman–Crippen MR) is 107 cm³/mol. The van der Waals surface area contributed by atoms with Crippen molar-refractivity contribution in [1.82, 2.24) is 10.2 Å². The smallest absolute Gasteiger partial charge is 0.286 e. The van der Waals surface area contributed by atoms with Crippen LogP contribution in [0, 0.1) is 0 Å². The van der Waals surface area contributed by atoms with E-state index in [-0.39, 0.29) is 22.3 Å². The van der Waals surface area contributed by atoms with Gasteiger partial charge in [-0.05, 0) is 42.2 Å². The van der Waals surface area contributed by atoms with E-state index >= 15 is 0 Å². The molecule has 0 spiro atoms. The summed E-state index contributed by atoms with van der Waals surface area (Å²) < 4.78 is 5.78. The SMILES string of the molecule is O=C1NC(=O)C(Cc2ccc(OCCN3CCc4ccccc4C3=O)cc2)S1. The van der Waals surface area contributed by atoms with Gasteiger partial charge in [-0.25, -0.2) is 0 Å². The molecule has 2 aromatic carbocycles. The molecule has 144 valence electrons. The van der Waals surface area contributed by atoms with Gasteiger partial charge in [-0.15, -0.1) is 0 Å². The molecule has 2 heterocycles. The first-order valence-electron chi connectivity index (χ1n) is 9.20. The Kier molecular flexibility index (Phi) is 5.34. The van der Waals surface area contributed by atoms with Crippen LogP contribution in [0.1, 0.15) is 21.5 Å². The number of ether oxygens (including phenoxy) is 1. The van der Waals surface area contributed by atoms with Crippen LogP contribution in [0.2, 0.25) is 0 Å². The maximum Gasteiger partial charge on any atom is 0.286 e. The lowest BCUT2D eigenvalue weighted by molar-refractivity contribution is -0.118. The second kappa shape index (κ2) is 8.06. The van der Waals surface area contributed by atoms with Gasteiger partial charge in [0, 0.05) is 12.1 Å². The number of nitrogens with one attached hydrogen (secondary N) is 1. The molecule has 2 aromatic rings. The highest BCUT2D eigenvalue weighted by atomic mass is 32.2. The second-order valence-electron chi connectivity index (χ2n) is 6.78. The monoisotopic (exact) mass is 396 g/mol. The average Bonchev–Trinajstić information content (AvgIpc) is 3.02. The van der Waals surface area contributed by atoms with Crippen molar-refractivity contribution in [3.63, 3.8) is 0 Å². The van der Waals surface area contributed by atoms with Crippen molar-refractivity contribution in [2.75, 3.05) is 19.7 Å². The fourth-order valence-electron chi connectivity index (χ4n) is 3.42. The molecule has 0 radical (unpaired) electrons. The average molecular weight is 396 g/mol. The molecular weight excluding hydrogens is 376 g/mol. The van der Waals surface area contributed by atoms with Gasteiger partial charge in [0.2, 0.25) is 5.91 Å². The van der Waals surface area contributed by atoms with E-state index in [0.29, 0.717) is 31.9 Å². The van der Waals surface area contributed by atoms with Crippen LogP contribution in [0.15, 0.2) is 48.5 Å². The summed E-state index contributed by atoms with van der Waals surface area (Å²) >= 11 is 1.03. The Morgan fingerprint density at radius 3 is 2.61 bits per heavy atom. The molecule has 0 saturated carbocycles. The Labute approximate surface area is 167 Å². The summed E-state index contributed by atoms with van der Waals surface area (Å²) in [5, 5.41) is 1.64. The van der Waals surface area contributed by atoms with Crippen molar-refractivity contribution in [2.24, 2.45) is 0 Å². The summed E-state index contributed by atoms with van der Waals surface area (Å²) in [6, 6.07) is 15.2. The maximum absolute atomic E-state index is 12.5. The quantitative estimate of drug-likeness (QED) is 0.813. The topological polar surface area (TPSA) is 75.7 Å². The van der Waals surface area contributed by atoms with E-state index in [9.17, 15) is 14.4 Å². The van der Waals surface area contributed by atoms with Crippen LogP contribution in [-0.2, 0) is 17.6 Å². The van der Waals surface area contributed by atoms with E-state index in [4.69, 9.17) is 4.74 Å². The number of thioether (sulfide) groups is 1. The summed E-state index contributed by atoms with van der Waals surface area (Å²) in [7, 11) is 0. The van der Waals surface area contributed by atoms with Crippen LogP contribution in [0.5, 0.6) is 5.75 Å². The number of carbonyl (C=O) groups excluding carboxylic acids is 3. The van der Waals surface area contributed by atoms with E-state index in [1.165, 1.54) is 0 Å². The van der Waals surface area contributed by atoms with Crippen molar-refractivity contribution < 1.29 is 19.1 Å². The molecule has 1 fully saturated rings. The van der Waals surface area contributed by atoms with E-state index < -0.39 is 0 Å². The number of carbonyl (C=O) groups is 3. The number of nitrogens with zero attached hydrogens (tertiary/aromatic N) is 1. The van der Waals surface area contributed by atoms with Gasteiger partial charge in [0.15, 0.2) is 0 Å². The van der Waals surface area contributed by atoms with Crippen LogP contribution in [0.25, 0.3) is 0 Å². The number of amides is 3. The first-order valence-corrected chi connectivity index (χ1v) is 10.1. The van der Waals surface area contributed by atoms with Crippen LogP contribution >= 0.6 is 11.8 Å². The molecule has 0 aliphatic carbocycles. The van der Waals surface area contributed by atoms with Gasteiger partial charge in [0.25, 0.3) is 11.1 Å². The van der Waals surface area contributed by atoms with Crippen LogP contribution in [0.3, 0.4) is 0 Å². The van der Waals surface area contributed by atoms with Crippen molar-refractivity contribution in [3.8, 4) is 5.75 Å². The molecule has 1 unspecified atom stereocenters. The van der Waals surface area contributed by atoms with Crippen LogP contribution in [-0.4, -0.2) is 46.9 Å². The fraction of sp³-hybridized carbons (Fsp3) is 0.286. The van der Waals surface area contributed by atoms with Gasteiger partial charge in [-0.3, -0.25) is 19.7 Å². The largest absolute Gasteiger partial charge is 0.492 e. The Bertz CT molecular complexity index is 913. The van der Waals surface area contributed by atoms with Gasteiger partial charge in [0.1, 0.15) is 12.4 Å². The minimum absolute atomic E-state index is 0.0580. The highest BCUT2D eigenvalue weighted by Gasteiger charge is 2.31. The normalized spacial score (nSPS) is 18.8. The minimum atomic E-state index is -0.368. The van der Waals surface area contributed by atoms with E-state index in [0.717, 1.165) is 34.9 Å². The zero-order chi connectivity index (χ0) is 19.5. The summed E-state index contributed by atoms with van der Waals surface area (Å²) in [4.78, 5) is 37.2. The maximum atomic E-state index is 12.5. The van der Waals surface area contributed by atoms with Crippen molar-refractivity contribution in [2.45, 2.75) is 18.1 Å². The number of benzene rings is 2. The molecule has 7 heteroatoms. The van der Waals surface area contributed by atoms with Gasteiger partial charge >= 0.3 is 0 Å². The first-order chi connectivity index (χ1) is 13.6. The molecule has 0 aromatic heterocycles. The van der Waals surface area contributed by atoms with Gasteiger partial charge < -0.3 is 9.64 Å². The molecule has 2 aliphatic rings. The van der Waals surface area contributed by atoms with Gasteiger partial charge in [0.05, 0.1) is 11.8 Å². The van der Waals surface area contributed by atoms with Crippen molar-refractivity contribution in [1.29, 1.82) is 0 Å². The molecule has 2 aliphatic heterocycles. The lowest BCUT2D eigenvalue weighted by Gasteiger charge is -2.28. The summed E-state index contributed by atoms with van der Waals surface area (Å²) in [6.07, 6.45) is 1.37. The van der Waals surface area contributed by atoms with Crippen LogP contribution < -0.4 is 10.1 Å². The van der Waals surface area contributed by atoms with Crippen molar-refractivity contribution >= 4 is 28.8 Å². The zero-order valence-corrected chi connectivity index (χ0v) is 16.0. The zero-order valence-electron chi connectivity index (χ0n) is 15.2. The minimum Gasteiger partial charge on any atom is -0.492 e. The van der Waals surface area contributed by atoms with Crippen LogP contribution in [0.4, 0.5) is 4.79 Å². The lowest BCUT2D eigenvalue weighted by atomic mass is 9.99. The summed E-state index contributed by atoms with van der Waals surface area (Å²) in [5.41, 5.74) is 2.86. The van der Waals surface area contributed by atoms with E-state index in [1.54, 1.807) is 0 Å². The summed E-state index contributed by atoms with van der Waals surface area (Å²) in [5.74, 6) is 0.541. The third-order valence-corrected chi connectivity index (χ3v) is 5.91. The number of hydrogen-bond acceptors (Lipinski definition) is 5. The predicted octanol–water partition coefficient (Wildman–Crippen LogP) is 2.66. The Morgan fingerprint density at radius 1 is 1.07 bits per heavy atom. The van der Waals surface area contributed by atoms with Gasteiger partial charge in [-0.1, -0.05) is 42.1 Å². The lowest BCUT2D eigenvalue weighted by Crippen LogP contribution is -2.40. The molecule has 1 N–H and O–H groups in total. The number of imide groups is 1. The molecule has 1 saturated heterocycles. The fourth-order valence-corrected chi connectivity index (χ4v) is 4.28. The second-order valence-corrected chi connectivity index (χ2v) is 7.95. The number of fused-ring (bicyclic) bond motifs is 1. The molecule has 6 nitrogen and oxygen atoms in total. The Balaban J connectivity index is 1.27. The molecule has 0 bridgehead atoms. The highest BCUT2D eigenvalue weighted by Crippen LogP contribution is 2.24. The molecule has 3 amide bonds. The van der Waals surface area contributed by atoms with E-state index in [1.807, 2.05) is 53.4 Å². The molecule has 28 heavy (non-hydrogen) atoms. The summed E-state index contributed by atoms with van der Waals surface area (Å²) in [6.45, 7) is 1.66. The molecular formula is C21H20N2O4S.